The molecule has 0 saturated carbocycles. The molecule has 0 aliphatic carbocycles. The van der Waals surface area contributed by atoms with Crippen molar-refractivity contribution in [2.24, 2.45) is 23.8 Å². The number of rotatable bonds is 13. The van der Waals surface area contributed by atoms with E-state index in [1.165, 1.54) is 5.56 Å². The van der Waals surface area contributed by atoms with Crippen LogP contribution >= 0.6 is 0 Å². The molecule has 1 heterocycles. The van der Waals surface area contributed by atoms with Crippen LogP contribution in [0.25, 0.3) is 22.2 Å². The molecule has 3 rings (SSSR count). The third-order valence-corrected chi connectivity index (χ3v) is 7.48. The minimum atomic E-state index is -0.859. The standard InChI is InChI=1S/C34H49NO5/c1-33(2,3)23-27(34(4,5)6)32(38)40-20-12-16-31(37)30(36)15-11-19-39-26-18-17-25-21-28(35(7)29(25)22-26)24-13-9-8-10-14-24/h8-10,13-14,17-18,21-22,27,30-31,36-37H,11-12,15-16,19-20,23H2,1-7H3. The van der Waals surface area contributed by atoms with E-state index in [-0.39, 0.29) is 29.3 Å². The molecular formula is C34H49NO5. The molecule has 2 N–H and O–H groups in total. The highest BCUT2D eigenvalue weighted by atomic mass is 16.5. The van der Waals surface area contributed by atoms with E-state index in [0.29, 0.717) is 32.3 Å². The number of aliphatic hydroxyl groups is 2. The molecule has 0 saturated heterocycles. The molecule has 6 nitrogen and oxygen atoms in total. The van der Waals surface area contributed by atoms with Gasteiger partial charge in [0.15, 0.2) is 0 Å². The summed E-state index contributed by atoms with van der Waals surface area (Å²) >= 11 is 0. The summed E-state index contributed by atoms with van der Waals surface area (Å²) in [5, 5.41) is 22.0. The van der Waals surface area contributed by atoms with E-state index in [4.69, 9.17) is 9.47 Å². The topological polar surface area (TPSA) is 80.9 Å². The Morgan fingerprint density at radius 3 is 2.10 bits per heavy atom. The molecular weight excluding hydrogens is 502 g/mol. The number of carbonyl (C=O) groups excluding carboxylic acids is 1. The van der Waals surface area contributed by atoms with Crippen molar-refractivity contribution < 1.29 is 24.5 Å². The first-order valence-electron chi connectivity index (χ1n) is 14.6. The van der Waals surface area contributed by atoms with Gasteiger partial charge < -0.3 is 24.3 Å². The summed E-state index contributed by atoms with van der Waals surface area (Å²) in [7, 11) is 2.06. The van der Waals surface area contributed by atoms with Crippen LogP contribution in [0, 0.1) is 16.7 Å². The summed E-state index contributed by atoms with van der Waals surface area (Å²) in [6, 6.07) is 18.6. The molecule has 220 valence electrons. The van der Waals surface area contributed by atoms with Gasteiger partial charge in [-0.1, -0.05) is 71.9 Å². The average Bonchev–Trinajstić information content (AvgIpc) is 3.22. The van der Waals surface area contributed by atoms with Crippen LogP contribution in [0.5, 0.6) is 5.75 Å². The van der Waals surface area contributed by atoms with Crippen LogP contribution < -0.4 is 4.74 Å². The van der Waals surface area contributed by atoms with Crippen molar-refractivity contribution in [1.29, 1.82) is 0 Å². The van der Waals surface area contributed by atoms with E-state index >= 15 is 0 Å². The molecule has 40 heavy (non-hydrogen) atoms. The molecule has 0 spiro atoms. The Morgan fingerprint density at radius 2 is 1.50 bits per heavy atom. The molecule has 0 fully saturated rings. The highest BCUT2D eigenvalue weighted by Gasteiger charge is 2.35. The number of aliphatic hydroxyl groups excluding tert-OH is 2. The van der Waals surface area contributed by atoms with Crippen molar-refractivity contribution >= 4 is 16.9 Å². The van der Waals surface area contributed by atoms with Crippen molar-refractivity contribution in [2.75, 3.05) is 13.2 Å². The van der Waals surface area contributed by atoms with Crippen LogP contribution in [0.4, 0.5) is 0 Å². The zero-order valence-corrected chi connectivity index (χ0v) is 25.4. The highest BCUT2D eigenvalue weighted by Crippen LogP contribution is 2.37. The normalized spacial score (nSPS) is 14.6. The van der Waals surface area contributed by atoms with Crippen molar-refractivity contribution in [3.8, 4) is 17.0 Å². The van der Waals surface area contributed by atoms with E-state index < -0.39 is 12.2 Å². The summed E-state index contributed by atoms with van der Waals surface area (Å²) in [6.45, 7) is 13.3. The Hall–Kier alpha value is -2.83. The first kappa shape index (κ1) is 31.7. The molecule has 1 aromatic heterocycles. The van der Waals surface area contributed by atoms with Gasteiger partial charge in [-0.15, -0.1) is 0 Å². The van der Waals surface area contributed by atoms with Gasteiger partial charge in [-0.25, -0.2) is 0 Å². The Balaban J connectivity index is 1.39. The number of esters is 1. The number of nitrogens with zero attached hydrogens (tertiary/aromatic N) is 1. The molecule has 3 unspecified atom stereocenters. The van der Waals surface area contributed by atoms with E-state index in [0.717, 1.165) is 28.8 Å². The van der Waals surface area contributed by atoms with Gasteiger partial charge in [0.1, 0.15) is 5.75 Å². The van der Waals surface area contributed by atoms with Crippen molar-refractivity contribution in [2.45, 2.75) is 85.9 Å². The fourth-order valence-corrected chi connectivity index (χ4v) is 5.07. The number of fused-ring (bicyclic) bond motifs is 1. The van der Waals surface area contributed by atoms with E-state index in [9.17, 15) is 15.0 Å². The second-order valence-electron chi connectivity index (χ2n) is 13.3. The molecule has 0 amide bonds. The van der Waals surface area contributed by atoms with E-state index in [1.54, 1.807) is 0 Å². The molecule has 2 aromatic carbocycles. The fraction of sp³-hybridized carbons (Fsp3) is 0.559. The van der Waals surface area contributed by atoms with Crippen molar-refractivity contribution in [3.05, 3.63) is 54.6 Å². The van der Waals surface area contributed by atoms with Crippen LogP contribution in [0.3, 0.4) is 0 Å². The van der Waals surface area contributed by atoms with Gasteiger partial charge in [0.2, 0.25) is 0 Å². The quantitative estimate of drug-likeness (QED) is 0.174. The predicted molar refractivity (Wildman–Crippen MR) is 162 cm³/mol. The second kappa shape index (κ2) is 13.7. The van der Waals surface area contributed by atoms with Crippen molar-refractivity contribution in [1.82, 2.24) is 4.57 Å². The fourth-order valence-electron chi connectivity index (χ4n) is 5.07. The van der Waals surface area contributed by atoms with Crippen LogP contribution in [0.15, 0.2) is 54.6 Å². The third-order valence-electron chi connectivity index (χ3n) is 7.48. The van der Waals surface area contributed by atoms with Gasteiger partial charge in [0, 0.05) is 24.2 Å². The average molecular weight is 552 g/mol. The van der Waals surface area contributed by atoms with Crippen LogP contribution in [0.2, 0.25) is 0 Å². The third kappa shape index (κ3) is 9.10. The lowest BCUT2D eigenvalue weighted by Gasteiger charge is -2.33. The number of hydrogen-bond donors (Lipinski definition) is 2. The molecule has 0 aliphatic rings. The number of aryl methyl sites for hydroxylation is 1. The van der Waals surface area contributed by atoms with Crippen LogP contribution in [-0.4, -0.2) is 46.2 Å². The van der Waals surface area contributed by atoms with Gasteiger partial charge in [0.05, 0.1) is 36.9 Å². The maximum Gasteiger partial charge on any atom is 0.309 e. The van der Waals surface area contributed by atoms with Gasteiger partial charge in [-0.05, 0) is 66.7 Å². The number of hydrogen-bond acceptors (Lipinski definition) is 5. The van der Waals surface area contributed by atoms with Gasteiger partial charge >= 0.3 is 5.97 Å². The van der Waals surface area contributed by atoms with E-state index in [1.807, 2.05) is 30.3 Å². The maximum absolute atomic E-state index is 12.7. The number of carbonyl (C=O) groups is 1. The minimum absolute atomic E-state index is 0.0287. The molecule has 0 aliphatic heterocycles. The largest absolute Gasteiger partial charge is 0.494 e. The molecule has 6 heteroatoms. The highest BCUT2D eigenvalue weighted by molar-refractivity contribution is 5.88. The summed E-state index contributed by atoms with van der Waals surface area (Å²) in [5.41, 5.74) is 3.27. The second-order valence-corrected chi connectivity index (χ2v) is 13.3. The lowest BCUT2D eigenvalue weighted by molar-refractivity contribution is -0.154. The zero-order chi connectivity index (χ0) is 29.5. The van der Waals surface area contributed by atoms with Gasteiger partial charge in [0.25, 0.3) is 0 Å². The van der Waals surface area contributed by atoms with Crippen molar-refractivity contribution in [3.63, 3.8) is 0 Å². The first-order chi connectivity index (χ1) is 18.8. The monoisotopic (exact) mass is 551 g/mol. The molecule has 0 bridgehead atoms. The number of benzene rings is 2. The lowest BCUT2D eigenvalue weighted by atomic mass is 9.72. The zero-order valence-electron chi connectivity index (χ0n) is 25.4. The minimum Gasteiger partial charge on any atom is -0.494 e. The van der Waals surface area contributed by atoms with Gasteiger partial charge in [-0.2, -0.15) is 0 Å². The molecule has 3 atom stereocenters. The summed E-state index contributed by atoms with van der Waals surface area (Å²) in [5.74, 6) is 0.417. The van der Waals surface area contributed by atoms with Crippen LogP contribution in [0.1, 0.15) is 73.6 Å². The first-order valence-corrected chi connectivity index (χ1v) is 14.6. The summed E-state index contributed by atoms with van der Waals surface area (Å²) in [6.07, 6.45) is 0.995. The molecule has 0 radical (unpaired) electrons. The summed E-state index contributed by atoms with van der Waals surface area (Å²) in [4.78, 5) is 12.7. The smallest absolute Gasteiger partial charge is 0.309 e. The summed E-state index contributed by atoms with van der Waals surface area (Å²) < 4.78 is 13.7. The Kier molecular flexibility index (Phi) is 10.8. The Bertz CT molecular complexity index is 1220. The van der Waals surface area contributed by atoms with E-state index in [2.05, 4.69) is 77.4 Å². The van der Waals surface area contributed by atoms with Crippen LogP contribution in [-0.2, 0) is 16.6 Å². The lowest BCUT2D eigenvalue weighted by Crippen LogP contribution is -2.34. The predicted octanol–water partition coefficient (Wildman–Crippen LogP) is 7.15. The van der Waals surface area contributed by atoms with Gasteiger partial charge in [-0.3, -0.25) is 4.79 Å². The number of aromatic nitrogens is 1. The molecule has 3 aromatic rings. The number of ether oxygens (including phenoxy) is 2. The SMILES string of the molecule is Cn1c(-c2ccccc2)cc2ccc(OCCCC(O)C(O)CCCOC(=O)C(CC(C)(C)C)C(C)(C)C)cc21. The maximum atomic E-state index is 12.7. The Labute approximate surface area is 240 Å². The Morgan fingerprint density at radius 1 is 0.875 bits per heavy atom.